The molecule has 0 fully saturated rings. The van der Waals surface area contributed by atoms with Gasteiger partial charge in [-0.25, -0.2) is 4.39 Å². The summed E-state index contributed by atoms with van der Waals surface area (Å²) in [7, 11) is 1.82. The third kappa shape index (κ3) is 2.74. The third-order valence-corrected chi connectivity index (χ3v) is 5.09. The zero-order valence-electron chi connectivity index (χ0n) is 15.3. The van der Waals surface area contributed by atoms with Crippen LogP contribution in [-0.2, 0) is 20.1 Å². The minimum Gasteiger partial charge on any atom is -0.328 e. The van der Waals surface area contributed by atoms with Crippen molar-refractivity contribution < 1.29 is 9.18 Å². The minimum atomic E-state index is -0.296. The summed E-state index contributed by atoms with van der Waals surface area (Å²) >= 11 is 0. The number of halogens is 1. The van der Waals surface area contributed by atoms with E-state index in [4.69, 9.17) is 0 Å². The summed E-state index contributed by atoms with van der Waals surface area (Å²) in [5.74, 6) is -0.296. The van der Waals surface area contributed by atoms with Crippen LogP contribution in [0.5, 0.6) is 0 Å². The normalized spacial score (nSPS) is 13.4. The first kappa shape index (κ1) is 16.6. The second-order valence-corrected chi connectivity index (χ2v) is 7.05. The highest BCUT2D eigenvalue weighted by atomic mass is 19.1. The second-order valence-electron chi connectivity index (χ2n) is 7.05. The van der Waals surface area contributed by atoms with Gasteiger partial charge in [-0.3, -0.25) is 14.5 Å². The van der Waals surface area contributed by atoms with Crippen LogP contribution in [0, 0.1) is 5.82 Å². The van der Waals surface area contributed by atoms with Crippen LogP contribution in [0.4, 0.5) is 4.39 Å². The van der Waals surface area contributed by atoms with Gasteiger partial charge >= 0.3 is 0 Å². The summed E-state index contributed by atoms with van der Waals surface area (Å²) in [4.78, 5) is 18.5. The molecule has 0 saturated heterocycles. The van der Waals surface area contributed by atoms with Gasteiger partial charge in [-0.1, -0.05) is 24.3 Å². The van der Waals surface area contributed by atoms with Crippen molar-refractivity contribution in [1.82, 2.24) is 19.7 Å². The smallest absolute Gasteiger partial charge is 0.256 e. The third-order valence-electron chi connectivity index (χ3n) is 5.09. The van der Waals surface area contributed by atoms with Gasteiger partial charge in [-0.05, 0) is 29.3 Å². The molecule has 5 nitrogen and oxygen atoms in total. The number of fused-ring (bicyclic) bond motifs is 2. The number of nitrogens with zero attached hydrogens (tertiary/aromatic N) is 4. The van der Waals surface area contributed by atoms with Gasteiger partial charge in [-0.15, -0.1) is 0 Å². The highest BCUT2D eigenvalue weighted by Gasteiger charge is 2.27. The first-order chi connectivity index (χ1) is 13.6. The molecular weight excluding hydrogens is 355 g/mol. The lowest BCUT2D eigenvalue weighted by atomic mass is 10.0. The van der Waals surface area contributed by atoms with E-state index in [1.54, 1.807) is 21.8 Å². The molecule has 3 heterocycles. The number of carbonyl (C=O) groups excluding carboxylic acids is 1. The maximum atomic E-state index is 14.5. The Balaban J connectivity index is 1.39. The summed E-state index contributed by atoms with van der Waals surface area (Å²) < 4.78 is 16.2. The van der Waals surface area contributed by atoms with E-state index in [0.717, 1.165) is 22.2 Å². The molecule has 4 aromatic rings. The SMILES string of the molecule is Cn1cc2cc(-c3ccc(CN4Cc5ncccc5C4=O)cc3)c(F)cc2n1. The number of hydrogen-bond acceptors (Lipinski definition) is 3. The number of aryl methyl sites for hydroxylation is 1. The predicted octanol–water partition coefficient (Wildman–Crippen LogP) is 3.93. The molecule has 2 aromatic carbocycles. The number of aromatic nitrogens is 3. The Hall–Kier alpha value is -3.54. The number of pyridine rings is 1. The van der Waals surface area contributed by atoms with Crippen molar-refractivity contribution >= 4 is 16.8 Å². The lowest BCUT2D eigenvalue weighted by Gasteiger charge is -2.15. The molecule has 1 amide bonds. The van der Waals surface area contributed by atoms with Crippen LogP contribution in [-0.4, -0.2) is 25.6 Å². The highest BCUT2D eigenvalue weighted by molar-refractivity contribution is 5.97. The van der Waals surface area contributed by atoms with E-state index in [-0.39, 0.29) is 11.7 Å². The summed E-state index contributed by atoms with van der Waals surface area (Å²) in [6.45, 7) is 1.02. The van der Waals surface area contributed by atoms with Gasteiger partial charge in [0.1, 0.15) is 5.82 Å². The average molecular weight is 372 g/mol. The Morgan fingerprint density at radius 2 is 1.93 bits per heavy atom. The first-order valence-corrected chi connectivity index (χ1v) is 9.04. The Bertz CT molecular complexity index is 1210. The van der Waals surface area contributed by atoms with Gasteiger partial charge in [0.2, 0.25) is 0 Å². The number of rotatable bonds is 3. The van der Waals surface area contributed by atoms with E-state index in [1.165, 1.54) is 6.07 Å². The van der Waals surface area contributed by atoms with Crippen LogP contribution < -0.4 is 0 Å². The van der Waals surface area contributed by atoms with Crippen molar-refractivity contribution in [3.05, 3.63) is 83.6 Å². The number of carbonyl (C=O) groups is 1. The first-order valence-electron chi connectivity index (χ1n) is 9.04. The lowest BCUT2D eigenvalue weighted by Crippen LogP contribution is -2.23. The molecule has 5 rings (SSSR count). The van der Waals surface area contributed by atoms with Crippen molar-refractivity contribution in [2.45, 2.75) is 13.1 Å². The lowest BCUT2D eigenvalue weighted by molar-refractivity contribution is 0.0766. The molecular formula is C22H17FN4O. The van der Waals surface area contributed by atoms with Crippen LogP contribution in [0.3, 0.4) is 0 Å². The average Bonchev–Trinajstić information content (AvgIpc) is 3.21. The van der Waals surface area contributed by atoms with Crippen LogP contribution in [0.15, 0.2) is 60.9 Å². The molecule has 2 aromatic heterocycles. The molecule has 28 heavy (non-hydrogen) atoms. The van der Waals surface area contributed by atoms with Crippen molar-refractivity contribution in [2.24, 2.45) is 7.05 Å². The molecule has 0 N–H and O–H groups in total. The molecule has 0 radical (unpaired) electrons. The van der Waals surface area contributed by atoms with Crippen molar-refractivity contribution in [2.75, 3.05) is 0 Å². The number of hydrogen-bond donors (Lipinski definition) is 0. The predicted molar refractivity (Wildman–Crippen MR) is 104 cm³/mol. The van der Waals surface area contributed by atoms with Gasteiger partial charge in [-0.2, -0.15) is 5.10 Å². The van der Waals surface area contributed by atoms with Crippen molar-refractivity contribution in [1.29, 1.82) is 0 Å². The van der Waals surface area contributed by atoms with Crippen LogP contribution in [0.25, 0.3) is 22.0 Å². The molecule has 138 valence electrons. The minimum absolute atomic E-state index is 0.000232. The molecule has 0 spiro atoms. The molecule has 6 heteroatoms. The van der Waals surface area contributed by atoms with Crippen molar-refractivity contribution in [3.8, 4) is 11.1 Å². The maximum Gasteiger partial charge on any atom is 0.256 e. The monoisotopic (exact) mass is 372 g/mol. The van der Waals surface area contributed by atoms with E-state index >= 15 is 0 Å². The molecule has 0 bridgehead atoms. The van der Waals surface area contributed by atoms with Crippen LogP contribution in [0.1, 0.15) is 21.6 Å². The molecule has 0 atom stereocenters. The fourth-order valence-corrected chi connectivity index (χ4v) is 3.71. The van der Waals surface area contributed by atoms with Crippen LogP contribution >= 0.6 is 0 Å². The number of benzene rings is 2. The zero-order chi connectivity index (χ0) is 19.3. The van der Waals surface area contributed by atoms with Crippen molar-refractivity contribution in [3.63, 3.8) is 0 Å². The maximum absolute atomic E-state index is 14.5. The Kier molecular flexibility index (Phi) is 3.72. The Labute approximate surface area is 161 Å². The van der Waals surface area contributed by atoms with E-state index in [1.807, 2.05) is 49.6 Å². The summed E-state index contributed by atoms with van der Waals surface area (Å²) in [6.07, 6.45) is 3.58. The summed E-state index contributed by atoms with van der Waals surface area (Å²) in [5, 5.41) is 5.14. The fraction of sp³-hybridized carbons (Fsp3) is 0.136. The van der Waals surface area contributed by atoms with Gasteiger partial charge < -0.3 is 4.90 Å². The summed E-state index contributed by atoms with van der Waals surface area (Å²) in [5.41, 5.74) is 4.46. The zero-order valence-corrected chi connectivity index (χ0v) is 15.3. The van der Waals surface area contributed by atoms with Gasteiger partial charge in [0.15, 0.2) is 0 Å². The largest absolute Gasteiger partial charge is 0.328 e. The Morgan fingerprint density at radius 3 is 2.71 bits per heavy atom. The molecule has 0 unspecified atom stereocenters. The fourth-order valence-electron chi connectivity index (χ4n) is 3.71. The quantitative estimate of drug-likeness (QED) is 0.548. The van der Waals surface area contributed by atoms with E-state index in [2.05, 4.69) is 10.1 Å². The number of amides is 1. The van der Waals surface area contributed by atoms with E-state index < -0.39 is 0 Å². The molecule has 1 aliphatic rings. The molecule has 0 aliphatic carbocycles. The van der Waals surface area contributed by atoms with E-state index in [0.29, 0.717) is 29.7 Å². The topological polar surface area (TPSA) is 51.0 Å². The van der Waals surface area contributed by atoms with Gasteiger partial charge in [0, 0.05) is 43.0 Å². The van der Waals surface area contributed by atoms with Gasteiger partial charge in [0.05, 0.1) is 23.3 Å². The summed E-state index contributed by atoms with van der Waals surface area (Å²) in [6, 6.07) is 14.5. The standard InChI is InChI=1S/C22H17FN4O/c1-26-12-16-9-18(19(23)10-20(16)25-26)15-6-4-14(5-7-15)11-27-13-21-17(22(27)28)3-2-8-24-21/h2-10,12H,11,13H2,1H3. The van der Waals surface area contributed by atoms with E-state index in [9.17, 15) is 9.18 Å². The molecule has 1 aliphatic heterocycles. The Morgan fingerprint density at radius 1 is 1.11 bits per heavy atom. The van der Waals surface area contributed by atoms with Gasteiger partial charge in [0.25, 0.3) is 5.91 Å². The van der Waals surface area contributed by atoms with Crippen LogP contribution in [0.2, 0.25) is 0 Å². The highest BCUT2D eigenvalue weighted by Crippen LogP contribution is 2.28. The molecule has 0 saturated carbocycles. The second kappa shape index (κ2) is 6.27.